The molecule has 0 aromatic rings. The summed E-state index contributed by atoms with van der Waals surface area (Å²) in [5.74, 6) is 0.949. The molecule has 1 aliphatic rings. The fourth-order valence-corrected chi connectivity index (χ4v) is 0.165. The van der Waals surface area contributed by atoms with Crippen LogP contribution in [0.4, 0.5) is 0 Å². The first-order valence-electron chi connectivity index (χ1n) is 1.66. The summed E-state index contributed by atoms with van der Waals surface area (Å²) in [7, 11) is 0. The Labute approximate surface area is 31.0 Å². The summed E-state index contributed by atoms with van der Waals surface area (Å²) >= 11 is 0. The van der Waals surface area contributed by atoms with Crippen molar-refractivity contribution in [3.8, 4) is 0 Å². The number of hydrogen-bond acceptors (Lipinski definition) is 1. The average Bonchev–Trinajstić information content (AvgIpc) is 2.12. The van der Waals surface area contributed by atoms with Crippen molar-refractivity contribution in [1.82, 2.24) is 0 Å². The molecular weight excluding hydrogens is 64.0 g/mol. The smallest absolute Gasteiger partial charge is 0.206 e. The Hall–Kier alpha value is -0.330. The first-order valence-corrected chi connectivity index (χ1v) is 1.66. The summed E-state index contributed by atoms with van der Waals surface area (Å²) in [5.41, 5.74) is 0. The molecule has 0 aromatic heterocycles. The molecule has 0 N–H and O–H groups in total. The highest BCUT2D eigenvalue weighted by Crippen LogP contribution is 2.28. The van der Waals surface area contributed by atoms with Crippen molar-refractivity contribution in [1.29, 1.82) is 0 Å². The molecular formula is C4H4O. The van der Waals surface area contributed by atoms with E-state index in [1.807, 2.05) is 0 Å². The van der Waals surface area contributed by atoms with Crippen LogP contribution >= 0.6 is 0 Å². The van der Waals surface area contributed by atoms with E-state index in [0.29, 0.717) is 0 Å². The van der Waals surface area contributed by atoms with Crippen LogP contribution in [0, 0.1) is 5.92 Å². The van der Waals surface area contributed by atoms with Gasteiger partial charge in [0.05, 0.1) is 0 Å². The lowest BCUT2D eigenvalue weighted by atomic mass is 10.5. The number of hydrogen-bond donors (Lipinski definition) is 0. The highest BCUT2D eigenvalue weighted by molar-refractivity contribution is 5.73. The maximum absolute atomic E-state index is 9.41. The summed E-state index contributed by atoms with van der Waals surface area (Å²) in [5, 5.41) is 0. The second kappa shape index (κ2) is 0.814. The lowest BCUT2D eigenvalue weighted by Gasteiger charge is -1.52. The van der Waals surface area contributed by atoms with E-state index in [1.165, 1.54) is 0 Å². The van der Waals surface area contributed by atoms with Gasteiger partial charge in [0, 0.05) is 5.92 Å². The number of rotatable bonds is 1. The van der Waals surface area contributed by atoms with E-state index < -0.39 is 0 Å². The maximum atomic E-state index is 9.41. The van der Waals surface area contributed by atoms with Crippen molar-refractivity contribution in [2.45, 2.75) is 12.8 Å². The summed E-state index contributed by atoms with van der Waals surface area (Å²) in [6.07, 6.45) is 3.81. The standard InChI is InChI=1S/C4H4O/c5-3-4-1-2-4/h1-2H2. The van der Waals surface area contributed by atoms with Gasteiger partial charge in [-0.05, 0) is 12.8 Å². The van der Waals surface area contributed by atoms with Gasteiger partial charge in [0.25, 0.3) is 0 Å². The second-order valence-electron chi connectivity index (χ2n) is 1.21. The molecule has 0 saturated heterocycles. The third-order valence-corrected chi connectivity index (χ3v) is 0.644. The largest absolute Gasteiger partial charge is 0.290 e. The molecule has 0 aliphatic heterocycles. The van der Waals surface area contributed by atoms with Crippen molar-refractivity contribution in [3.05, 3.63) is 5.92 Å². The van der Waals surface area contributed by atoms with Gasteiger partial charge in [-0.25, -0.2) is 0 Å². The van der Waals surface area contributed by atoms with E-state index in [9.17, 15) is 4.79 Å². The zero-order chi connectivity index (χ0) is 3.70. The van der Waals surface area contributed by atoms with E-state index in [4.69, 9.17) is 0 Å². The summed E-state index contributed by atoms with van der Waals surface area (Å²) < 4.78 is 0. The predicted octanol–water partition coefficient (Wildman–Crippen LogP) is 0.464. The lowest BCUT2D eigenvalue weighted by molar-refractivity contribution is 0.560. The molecule has 0 atom stereocenters. The Kier molecular flexibility index (Phi) is 0.469. The molecule has 0 unspecified atom stereocenters. The Bertz CT molecular complexity index is 45.6. The van der Waals surface area contributed by atoms with E-state index in [2.05, 4.69) is 0 Å². The second-order valence-corrected chi connectivity index (χ2v) is 1.21. The minimum atomic E-state index is 0.949. The Morgan fingerprint density at radius 1 is 1.60 bits per heavy atom. The van der Waals surface area contributed by atoms with Gasteiger partial charge in [-0.2, -0.15) is 0 Å². The van der Waals surface area contributed by atoms with Gasteiger partial charge in [0.15, 0.2) is 0 Å². The maximum Gasteiger partial charge on any atom is 0.206 e. The third-order valence-electron chi connectivity index (χ3n) is 0.644. The summed E-state index contributed by atoms with van der Waals surface area (Å²) in [4.78, 5) is 9.41. The van der Waals surface area contributed by atoms with Crippen molar-refractivity contribution in [3.63, 3.8) is 0 Å². The quantitative estimate of drug-likeness (QED) is 0.436. The molecule has 5 heavy (non-hydrogen) atoms. The molecule has 1 saturated carbocycles. The van der Waals surface area contributed by atoms with Gasteiger partial charge >= 0.3 is 0 Å². The fourth-order valence-electron chi connectivity index (χ4n) is 0.165. The molecule has 1 nitrogen and oxygen atoms in total. The lowest BCUT2D eigenvalue weighted by Crippen LogP contribution is -1.62. The molecule has 1 aliphatic carbocycles. The molecule has 0 heterocycles. The third kappa shape index (κ3) is 0.469. The molecule has 0 bridgehead atoms. The van der Waals surface area contributed by atoms with Crippen molar-refractivity contribution >= 4 is 6.29 Å². The van der Waals surface area contributed by atoms with E-state index in [0.717, 1.165) is 18.8 Å². The van der Waals surface area contributed by atoms with E-state index in [-0.39, 0.29) is 0 Å². The van der Waals surface area contributed by atoms with Crippen LogP contribution in [0.3, 0.4) is 0 Å². The molecule has 1 fully saturated rings. The van der Waals surface area contributed by atoms with Crippen molar-refractivity contribution < 1.29 is 4.79 Å². The summed E-state index contributed by atoms with van der Waals surface area (Å²) in [6.45, 7) is 0. The van der Waals surface area contributed by atoms with Crippen molar-refractivity contribution in [2.24, 2.45) is 0 Å². The Balaban J connectivity index is 2.21. The molecule has 0 aromatic carbocycles. The zero-order valence-corrected chi connectivity index (χ0v) is 2.82. The summed E-state index contributed by atoms with van der Waals surface area (Å²) in [6, 6.07) is 0. The van der Waals surface area contributed by atoms with Gasteiger partial charge in [0.1, 0.15) is 0 Å². The minimum absolute atomic E-state index is 0.949. The van der Waals surface area contributed by atoms with Gasteiger partial charge in [-0.3, -0.25) is 4.79 Å². The van der Waals surface area contributed by atoms with Crippen LogP contribution in [0.25, 0.3) is 0 Å². The van der Waals surface area contributed by atoms with E-state index >= 15 is 0 Å². The predicted molar refractivity (Wildman–Crippen MR) is 18.2 cm³/mol. The molecule has 0 amide bonds. The molecule has 1 heteroatoms. The van der Waals surface area contributed by atoms with Crippen LogP contribution < -0.4 is 0 Å². The van der Waals surface area contributed by atoms with Gasteiger partial charge in [0.2, 0.25) is 6.29 Å². The normalized spacial score (nSPS) is 22.4. The van der Waals surface area contributed by atoms with Gasteiger partial charge in [-0.1, -0.05) is 0 Å². The van der Waals surface area contributed by atoms with Crippen molar-refractivity contribution in [2.75, 3.05) is 0 Å². The molecule has 26 valence electrons. The van der Waals surface area contributed by atoms with Crippen LogP contribution in [0.2, 0.25) is 0 Å². The number of carbonyl (C=O) groups excluding carboxylic acids is 1. The first kappa shape index (κ1) is 2.88. The SMILES string of the molecule is O=[C][C]1CC1. The average molecular weight is 68.1 g/mol. The van der Waals surface area contributed by atoms with Crippen LogP contribution in [0.5, 0.6) is 0 Å². The molecule has 1 rings (SSSR count). The zero-order valence-electron chi connectivity index (χ0n) is 2.82. The van der Waals surface area contributed by atoms with Crippen LogP contribution in [0.1, 0.15) is 12.8 Å². The first-order chi connectivity index (χ1) is 2.43. The highest BCUT2D eigenvalue weighted by atomic mass is 16.1. The fraction of sp³-hybridized carbons (Fsp3) is 0.500. The molecule has 0 spiro atoms. The molecule has 2 radical (unpaired) electrons. The van der Waals surface area contributed by atoms with E-state index in [1.54, 1.807) is 6.29 Å². The van der Waals surface area contributed by atoms with Crippen LogP contribution in [0.15, 0.2) is 0 Å². The Morgan fingerprint density at radius 3 is 2.20 bits per heavy atom. The monoisotopic (exact) mass is 68.0 g/mol. The van der Waals surface area contributed by atoms with Crippen LogP contribution in [-0.4, -0.2) is 6.29 Å². The van der Waals surface area contributed by atoms with Gasteiger partial charge in [-0.15, -0.1) is 0 Å². The van der Waals surface area contributed by atoms with Crippen LogP contribution in [-0.2, 0) is 4.79 Å². The van der Waals surface area contributed by atoms with Gasteiger partial charge < -0.3 is 0 Å². The highest BCUT2D eigenvalue weighted by Gasteiger charge is 2.21. The topological polar surface area (TPSA) is 17.1 Å². The minimum Gasteiger partial charge on any atom is -0.290 e. The Morgan fingerprint density at radius 2 is 2.20 bits per heavy atom.